The summed E-state index contributed by atoms with van der Waals surface area (Å²) in [4.78, 5) is 19.4. The number of hydrogen-bond donors (Lipinski definition) is 3. The number of rotatable bonds is 2. The molecule has 5 nitrogen and oxygen atoms in total. The molecule has 1 unspecified atom stereocenters. The van der Waals surface area contributed by atoms with Gasteiger partial charge in [0, 0.05) is 19.0 Å². The van der Waals surface area contributed by atoms with Gasteiger partial charge in [-0.15, -0.1) is 0 Å². The second-order valence-corrected chi connectivity index (χ2v) is 4.61. The van der Waals surface area contributed by atoms with Crippen LogP contribution < -0.4 is 10.6 Å². The Morgan fingerprint density at radius 2 is 2.24 bits per heavy atom. The fourth-order valence-corrected chi connectivity index (χ4v) is 2.39. The Morgan fingerprint density at radius 3 is 3.06 bits per heavy atom. The lowest BCUT2D eigenvalue weighted by molar-refractivity contribution is -0.124. The summed E-state index contributed by atoms with van der Waals surface area (Å²) in [7, 11) is 0. The zero-order chi connectivity index (χ0) is 11.7. The third-order valence-corrected chi connectivity index (χ3v) is 3.40. The van der Waals surface area contributed by atoms with Crippen molar-refractivity contribution in [3.63, 3.8) is 0 Å². The van der Waals surface area contributed by atoms with E-state index in [9.17, 15) is 4.79 Å². The predicted octanol–water partition coefficient (Wildman–Crippen LogP) is 0.259. The summed E-state index contributed by atoms with van der Waals surface area (Å²) < 4.78 is 0. The molecule has 0 spiro atoms. The minimum absolute atomic E-state index is 0.0901. The topological polar surface area (TPSA) is 69.8 Å². The number of imidazole rings is 1. The minimum atomic E-state index is -0.147. The smallest absolute Gasteiger partial charge is 0.237 e. The maximum atomic E-state index is 12.0. The molecule has 2 heterocycles. The van der Waals surface area contributed by atoms with Crippen LogP contribution in [0.1, 0.15) is 24.2 Å². The Bertz CT molecular complexity index is 443. The molecule has 0 aromatic carbocycles. The summed E-state index contributed by atoms with van der Waals surface area (Å²) in [6.45, 7) is 0.691. The molecular weight excluding hydrogens is 216 g/mol. The molecule has 1 amide bonds. The Kier molecular flexibility index (Phi) is 2.68. The third kappa shape index (κ3) is 2.10. The van der Waals surface area contributed by atoms with E-state index in [0.717, 1.165) is 24.2 Å². The molecule has 0 saturated heterocycles. The number of fused-ring (bicyclic) bond motifs is 1. The van der Waals surface area contributed by atoms with Crippen LogP contribution in [-0.4, -0.2) is 28.0 Å². The minimum Gasteiger partial charge on any atom is -0.351 e. The number of nitrogens with one attached hydrogen (secondary N) is 3. The Morgan fingerprint density at radius 1 is 1.41 bits per heavy atom. The summed E-state index contributed by atoms with van der Waals surface area (Å²) in [6, 6.07) is 0.135. The number of carbonyl (C=O) groups is 1. The number of carbonyl (C=O) groups excluding carboxylic acids is 1. The van der Waals surface area contributed by atoms with Crippen LogP contribution in [0.3, 0.4) is 0 Å². The van der Waals surface area contributed by atoms with Crippen LogP contribution in [0.5, 0.6) is 0 Å². The van der Waals surface area contributed by atoms with Crippen LogP contribution in [-0.2, 0) is 17.8 Å². The zero-order valence-electron chi connectivity index (χ0n) is 9.57. The summed E-state index contributed by atoms with van der Waals surface area (Å²) in [5, 5.41) is 6.30. The number of H-pyrrole nitrogens is 1. The normalized spacial score (nSPS) is 23.6. The molecule has 3 rings (SSSR count). The lowest BCUT2D eigenvalue weighted by Gasteiger charge is -2.24. The van der Waals surface area contributed by atoms with Crippen LogP contribution >= 0.6 is 0 Å². The van der Waals surface area contributed by atoms with Gasteiger partial charge in [-0.3, -0.25) is 10.1 Å². The van der Waals surface area contributed by atoms with Gasteiger partial charge in [-0.05, 0) is 12.8 Å². The van der Waals surface area contributed by atoms with Crippen molar-refractivity contribution < 1.29 is 4.79 Å². The molecule has 2 aliphatic rings. The van der Waals surface area contributed by atoms with Crippen molar-refractivity contribution in [1.29, 1.82) is 0 Å². The van der Waals surface area contributed by atoms with Crippen molar-refractivity contribution in [1.82, 2.24) is 20.6 Å². The molecule has 0 fully saturated rings. The largest absolute Gasteiger partial charge is 0.351 e. The van der Waals surface area contributed by atoms with E-state index < -0.39 is 0 Å². The Labute approximate surface area is 99.7 Å². The molecule has 90 valence electrons. The van der Waals surface area contributed by atoms with E-state index in [1.165, 1.54) is 0 Å². The van der Waals surface area contributed by atoms with Gasteiger partial charge in [0.05, 0.1) is 23.8 Å². The van der Waals surface area contributed by atoms with Crippen molar-refractivity contribution in [3.8, 4) is 0 Å². The second kappa shape index (κ2) is 4.33. The van der Waals surface area contributed by atoms with E-state index in [4.69, 9.17) is 0 Å². The number of amides is 1. The maximum absolute atomic E-state index is 12.0. The van der Waals surface area contributed by atoms with Crippen molar-refractivity contribution in [2.45, 2.75) is 37.9 Å². The van der Waals surface area contributed by atoms with Gasteiger partial charge >= 0.3 is 0 Å². The van der Waals surface area contributed by atoms with E-state index in [2.05, 4.69) is 32.8 Å². The summed E-state index contributed by atoms with van der Waals surface area (Å²) in [6.07, 6.45) is 8.49. The highest BCUT2D eigenvalue weighted by atomic mass is 16.2. The van der Waals surface area contributed by atoms with Gasteiger partial charge in [-0.2, -0.15) is 0 Å². The first-order chi connectivity index (χ1) is 8.33. The number of hydrogen-bond acceptors (Lipinski definition) is 3. The van der Waals surface area contributed by atoms with Crippen molar-refractivity contribution in [2.24, 2.45) is 0 Å². The maximum Gasteiger partial charge on any atom is 0.237 e. The highest BCUT2D eigenvalue weighted by molar-refractivity contribution is 5.82. The number of nitrogens with zero attached hydrogens (tertiary/aromatic N) is 1. The van der Waals surface area contributed by atoms with E-state index in [1.807, 2.05) is 0 Å². The van der Waals surface area contributed by atoms with Crippen LogP contribution in [0.4, 0.5) is 0 Å². The first-order valence-electron chi connectivity index (χ1n) is 6.03. The fourth-order valence-electron chi connectivity index (χ4n) is 2.39. The lowest BCUT2D eigenvalue weighted by atomic mass is 10.0. The lowest BCUT2D eigenvalue weighted by Crippen LogP contribution is -2.50. The molecule has 1 aromatic rings. The SMILES string of the molecule is O=C(NC1CC=CC1)C1Cc2nc[nH]c2CN1. The molecular formula is C12H16N4O. The van der Waals surface area contributed by atoms with E-state index in [-0.39, 0.29) is 18.0 Å². The second-order valence-electron chi connectivity index (χ2n) is 4.61. The Hall–Kier alpha value is -1.62. The van der Waals surface area contributed by atoms with Gasteiger partial charge in [-0.25, -0.2) is 4.98 Å². The molecule has 17 heavy (non-hydrogen) atoms. The van der Waals surface area contributed by atoms with E-state index in [0.29, 0.717) is 13.0 Å². The molecule has 5 heteroatoms. The van der Waals surface area contributed by atoms with Crippen molar-refractivity contribution in [2.75, 3.05) is 0 Å². The van der Waals surface area contributed by atoms with Gasteiger partial charge in [0.2, 0.25) is 5.91 Å². The fraction of sp³-hybridized carbons (Fsp3) is 0.500. The summed E-state index contributed by atoms with van der Waals surface area (Å²) >= 11 is 0. The van der Waals surface area contributed by atoms with Crippen LogP contribution in [0.25, 0.3) is 0 Å². The number of aromatic nitrogens is 2. The van der Waals surface area contributed by atoms with Gasteiger partial charge in [0.25, 0.3) is 0 Å². The molecule has 1 aliphatic heterocycles. The number of aromatic amines is 1. The van der Waals surface area contributed by atoms with Crippen LogP contribution in [0.15, 0.2) is 18.5 Å². The molecule has 1 aromatic heterocycles. The molecule has 3 N–H and O–H groups in total. The van der Waals surface area contributed by atoms with Gasteiger partial charge in [0.15, 0.2) is 0 Å². The molecule has 0 saturated carbocycles. The molecule has 0 bridgehead atoms. The van der Waals surface area contributed by atoms with Crippen molar-refractivity contribution >= 4 is 5.91 Å². The van der Waals surface area contributed by atoms with Gasteiger partial charge in [0.1, 0.15) is 0 Å². The van der Waals surface area contributed by atoms with E-state index in [1.54, 1.807) is 6.33 Å². The van der Waals surface area contributed by atoms with E-state index >= 15 is 0 Å². The monoisotopic (exact) mass is 232 g/mol. The predicted molar refractivity (Wildman–Crippen MR) is 63.2 cm³/mol. The quantitative estimate of drug-likeness (QED) is 0.641. The average molecular weight is 232 g/mol. The zero-order valence-corrected chi connectivity index (χ0v) is 9.57. The Balaban J connectivity index is 1.60. The highest BCUT2D eigenvalue weighted by Gasteiger charge is 2.27. The molecule has 0 radical (unpaired) electrons. The van der Waals surface area contributed by atoms with Gasteiger partial charge in [-0.1, -0.05) is 12.2 Å². The first-order valence-corrected chi connectivity index (χ1v) is 6.03. The van der Waals surface area contributed by atoms with Gasteiger partial charge < -0.3 is 10.3 Å². The first kappa shape index (κ1) is 10.5. The van der Waals surface area contributed by atoms with Crippen LogP contribution in [0, 0.1) is 0 Å². The standard InChI is InChI=1S/C12H16N4O/c17-12(16-8-3-1-2-4-8)10-5-9-11(6-13-10)15-7-14-9/h1-2,7-8,10,13H,3-6H2,(H,14,15)(H,16,17). The third-order valence-electron chi connectivity index (χ3n) is 3.40. The highest BCUT2D eigenvalue weighted by Crippen LogP contribution is 2.14. The van der Waals surface area contributed by atoms with Crippen LogP contribution in [0.2, 0.25) is 0 Å². The molecule has 1 aliphatic carbocycles. The molecule has 1 atom stereocenters. The average Bonchev–Trinajstić information content (AvgIpc) is 2.97. The van der Waals surface area contributed by atoms with Crippen molar-refractivity contribution in [3.05, 3.63) is 29.9 Å². The summed E-state index contributed by atoms with van der Waals surface area (Å²) in [5.74, 6) is 0.0901. The summed E-state index contributed by atoms with van der Waals surface area (Å²) in [5.41, 5.74) is 2.10.